The average molecular weight is 341 g/mol. The molecule has 0 amide bonds. The molecule has 0 unspecified atom stereocenters. The van der Waals surface area contributed by atoms with Gasteiger partial charge in [0.05, 0.1) is 17.3 Å². The first kappa shape index (κ1) is 17.3. The maximum absolute atomic E-state index is 4.45. The van der Waals surface area contributed by atoms with Gasteiger partial charge < -0.3 is 15.6 Å². The molecule has 3 heterocycles. The minimum atomic E-state index is 0.324. The number of H-pyrrole nitrogens is 1. The summed E-state index contributed by atoms with van der Waals surface area (Å²) >= 11 is 0. The summed E-state index contributed by atoms with van der Waals surface area (Å²) < 4.78 is 1.88. The highest BCUT2D eigenvalue weighted by Gasteiger charge is 2.17. The number of aromatic amines is 1. The summed E-state index contributed by atoms with van der Waals surface area (Å²) in [5.74, 6) is 2.46. The Hall–Kier alpha value is -2.57. The topological polar surface area (TPSA) is 83.4 Å². The fraction of sp³-hybridized carbons (Fsp3) is 0.500. The Kier molecular flexibility index (Phi) is 5.21. The maximum Gasteiger partial charge on any atom is 0.231 e. The monoisotopic (exact) mass is 341 g/mol. The van der Waals surface area contributed by atoms with Gasteiger partial charge in [-0.15, -0.1) is 0 Å². The lowest BCUT2D eigenvalue weighted by molar-refractivity contribution is 0.532. The quantitative estimate of drug-likeness (QED) is 0.643. The van der Waals surface area contributed by atoms with Crippen molar-refractivity contribution in [2.24, 2.45) is 5.92 Å². The zero-order valence-corrected chi connectivity index (χ0v) is 15.4. The molecule has 3 aromatic rings. The Labute approximate surface area is 148 Å². The zero-order valence-electron chi connectivity index (χ0n) is 15.4. The molecule has 25 heavy (non-hydrogen) atoms. The molecule has 0 bridgehead atoms. The Morgan fingerprint density at radius 3 is 2.68 bits per heavy atom. The van der Waals surface area contributed by atoms with Crippen molar-refractivity contribution in [3.8, 4) is 0 Å². The third-order valence-corrected chi connectivity index (χ3v) is 4.31. The second-order valence-electron chi connectivity index (χ2n) is 6.67. The van der Waals surface area contributed by atoms with E-state index >= 15 is 0 Å². The normalized spacial score (nSPS) is 13.6. The highest BCUT2D eigenvalue weighted by molar-refractivity contribution is 5.88. The average Bonchev–Trinajstić information content (AvgIpc) is 3.13. The first-order chi connectivity index (χ1) is 12.1. The van der Waals surface area contributed by atoms with Gasteiger partial charge in [-0.2, -0.15) is 15.1 Å². The summed E-state index contributed by atoms with van der Waals surface area (Å²) in [5, 5.41) is 11.5. The van der Waals surface area contributed by atoms with Crippen molar-refractivity contribution < 1.29 is 0 Å². The second kappa shape index (κ2) is 7.55. The highest BCUT2D eigenvalue weighted by Crippen LogP contribution is 2.31. The predicted octanol–water partition coefficient (Wildman–Crippen LogP) is 4.33. The van der Waals surface area contributed by atoms with E-state index in [2.05, 4.69) is 51.5 Å². The largest absolute Gasteiger partial charge is 0.372 e. The van der Waals surface area contributed by atoms with Crippen LogP contribution in [-0.2, 0) is 0 Å². The van der Waals surface area contributed by atoms with Crippen molar-refractivity contribution in [2.45, 2.75) is 46.1 Å². The van der Waals surface area contributed by atoms with E-state index in [1.54, 1.807) is 6.20 Å². The van der Waals surface area contributed by atoms with E-state index in [4.69, 9.17) is 0 Å². The van der Waals surface area contributed by atoms with E-state index in [9.17, 15) is 0 Å². The molecule has 0 atom stereocenters. The number of aromatic nitrogens is 5. The molecule has 1 fully saturated rings. The first-order valence-corrected chi connectivity index (χ1v) is 8.94. The molecular weight excluding hydrogens is 314 g/mol. The molecule has 3 aromatic heterocycles. The van der Waals surface area contributed by atoms with Crippen LogP contribution in [0, 0.1) is 5.92 Å². The van der Waals surface area contributed by atoms with E-state index in [0.29, 0.717) is 12.0 Å². The highest BCUT2D eigenvalue weighted by atomic mass is 15.3. The number of hydrogen-bond acceptors (Lipinski definition) is 5. The van der Waals surface area contributed by atoms with Gasteiger partial charge in [0, 0.05) is 25.5 Å². The number of fused-ring (bicyclic) bond motifs is 1. The van der Waals surface area contributed by atoms with Gasteiger partial charge in [-0.05, 0) is 25.8 Å². The predicted molar refractivity (Wildman–Crippen MR) is 102 cm³/mol. The molecule has 134 valence electrons. The number of anilines is 3. The number of rotatable bonds is 5. The fourth-order valence-electron chi connectivity index (χ4n) is 2.53. The number of nitrogens with one attached hydrogen (secondary N) is 3. The van der Waals surface area contributed by atoms with Crippen molar-refractivity contribution in [1.82, 2.24) is 24.7 Å². The summed E-state index contributed by atoms with van der Waals surface area (Å²) in [6.45, 7) is 6.42. The van der Waals surface area contributed by atoms with E-state index in [-0.39, 0.29) is 0 Å². The van der Waals surface area contributed by atoms with E-state index in [0.717, 1.165) is 28.5 Å². The van der Waals surface area contributed by atoms with Gasteiger partial charge >= 0.3 is 0 Å². The molecular formula is C18H27N7. The molecule has 7 heteroatoms. The van der Waals surface area contributed by atoms with Crippen LogP contribution in [-0.4, -0.2) is 31.8 Å². The third kappa shape index (κ3) is 4.29. The summed E-state index contributed by atoms with van der Waals surface area (Å²) in [6, 6.07) is 2.27. The summed E-state index contributed by atoms with van der Waals surface area (Å²) in [7, 11) is 1.84. The van der Waals surface area contributed by atoms with Crippen LogP contribution in [0.5, 0.6) is 0 Å². The molecule has 7 nitrogen and oxygen atoms in total. The number of nitrogens with zero attached hydrogens (tertiary/aromatic N) is 4. The van der Waals surface area contributed by atoms with Crippen LogP contribution in [0.3, 0.4) is 0 Å². The van der Waals surface area contributed by atoms with Crippen LogP contribution in [0.4, 0.5) is 17.5 Å². The Balaban J connectivity index is 0.000000314. The fourth-order valence-corrected chi connectivity index (χ4v) is 2.53. The van der Waals surface area contributed by atoms with Crippen LogP contribution >= 0.6 is 0 Å². The molecule has 0 aliphatic heterocycles. The van der Waals surface area contributed by atoms with Crippen molar-refractivity contribution >= 4 is 28.5 Å². The van der Waals surface area contributed by atoms with Crippen molar-refractivity contribution in [3.63, 3.8) is 0 Å². The molecule has 1 saturated carbocycles. The minimum Gasteiger partial charge on any atom is -0.372 e. The summed E-state index contributed by atoms with van der Waals surface area (Å²) in [4.78, 5) is 12.0. The van der Waals surface area contributed by atoms with Gasteiger partial charge in [0.25, 0.3) is 0 Å². The van der Waals surface area contributed by atoms with Gasteiger partial charge in [-0.1, -0.05) is 26.2 Å². The van der Waals surface area contributed by atoms with E-state index in [1.165, 1.54) is 19.3 Å². The maximum atomic E-state index is 4.45. The lowest BCUT2D eigenvalue weighted by Gasteiger charge is -2.06. The molecule has 3 N–H and O–H groups in total. The molecule has 0 spiro atoms. The van der Waals surface area contributed by atoms with Gasteiger partial charge in [0.2, 0.25) is 5.95 Å². The van der Waals surface area contributed by atoms with Crippen LogP contribution in [0.1, 0.15) is 46.1 Å². The van der Waals surface area contributed by atoms with Gasteiger partial charge in [0.1, 0.15) is 11.5 Å². The first-order valence-electron chi connectivity index (χ1n) is 8.94. The molecule has 0 aromatic carbocycles. The Morgan fingerprint density at radius 2 is 2.12 bits per heavy atom. The van der Waals surface area contributed by atoms with Crippen molar-refractivity contribution in [1.29, 1.82) is 0 Å². The Morgan fingerprint density at radius 1 is 1.32 bits per heavy atom. The molecule has 0 radical (unpaired) electrons. The SMILES string of the molecule is CCC1CC1.CNc1nc(Nc2cnn(C(C)C)c2)nc2[nH]ccc12. The second-order valence-corrected chi connectivity index (χ2v) is 6.67. The van der Waals surface area contributed by atoms with Crippen molar-refractivity contribution in [3.05, 3.63) is 24.7 Å². The van der Waals surface area contributed by atoms with Crippen molar-refractivity contribution in [2.75, 3.05) is 17.7 Å². The third-order valence-electron chi connectivity index (χ3n) is 4.31. The standard InChI is InChI=1S/C13H17N7.C5H10/c1-8(2)20-7-9(6-16-20)17-13-18-11(14-3)10-4-5-15-12(10)19-13;1-2-5-3-4-5/h4-8H,1-3H3,(H3,14,15,17,18,19);5H,2-4H2,1H3. The van der Waals surface area contributed by atoms with Crippen LogP contribution in [0.25, 0.3) is 11.0 Å². The lowest BCUT2D eigenvalue weighted by atomic mass is 10.3. The molecule has 1 aliphatic rings. The lowest BCUT2D eigenvalue weighted by Crippen LogP contribution is -2.02. The van der Waals surface area contributed by atoms with Crippen LogP contribution in [0.15, 0.2) is 24.7 Å². The molecule has 0 saturated heterocycles. The van der Waals surface area contributed by atoms with Crippen LogP contribution < -0.4 is 10.6 Å². The minimum absolute atomic E-state index is 0.324. The molecule has 1 aliphatic carbocycles. The Bertz CT molecular complexity index is 814. The smallest absolute Gasteiger partial charge is 0.231 e. The molecule has 4 rings (SSSR count). The van der Waals surface area contributed by atoms with Gasteiger partial charge in [-0.25, -0.2) is 0 Å². The number of hydrogen-bond donors (Lipinski definition) is 3. The zero-order chi connectivity index (χ0) is 17.8. The van der Waals surface area contributed by atoms with E-state index in [1.807, 2.05) is 30.2 Å². The van der Waals surface area contributed by atoms with Gasteiger partial charge in [0.15, 0.2) is 0 Å². The van der Waals surface area contributed by atoms with E-state index < -0.39 is 0 Å². The van der Waals surface area contributed by atoms with Gasteiger partial charge in [-0.3, -0.25) is 4.68 Å². The summed E-state index contributed by atoms with van der Waals surface area (Å²) in [6.07, 6.45) is 9.99. The van der Waals surface area contributed by atoms with Crippen LogP contribution in [0.2, 0.25) is 0 Å². The summed E-state index contributed by atoms with van der Waals surface area (Å²) in [5.41, 5.74) is 1.66.